The summed E-state index contributed by atoms with van der Waals surface area (Å²) in [6, 6.07) is 2.09. The predicted molar refractivity (Wildman–Crippen MR) is 51.1 cm³/mol. The molecular weight excluding hydrogens is 178 g/mol. The van der Waals surface area contributed by atoms with Gasteiger partial charge in [-0.25, -0.2) is 0 Å². The van der Waals surface area contributed by atoms with Crippen molar-refractivity contribution in [1.29, 1.82) is 5.26 Å². The molecule has 0 aromatic heterocycles. The Bertz CT molecular complexity index is 164. The maximum Gasteiger partial charge on any atom is 0.0622 e. The Morgan fingerprint density at radius 1 is 1.73 bits per heavy atom. The van der Waals surface area contributed by atoms with Gasteiger partial charge in [-0.1, -0.05) is 0 Å². The second kappa shape index (κ2) is 6.68. The highest BCUT2D eigenvalue weighted by molar-refractivity contribution is 8.00. The van der Waals surface area contributed by atoms with Crippen molar-refractivity contribution in [2.75, 3.05) is 18.3 Å². The van der Waals surface area contributed by atoms with E-state index in [1.807, 2.05) is 6.26 Å². The lowest BCUT2D eigenvalue weighted by molar-refractivity contribution is 0.683. The van der Waals surface area contributed by atoms with E-state index in [9.17, 15) is 4.21 Å². The first kappa shape index (κ1) is 11.0. The van der Waals surface area contributed by atoms with Crippen molar-refractivity contribution < 1.29 is 4.21 Å². The number of rotatable bonds is 5. The van der Waals surface area contributed by atoms with Crippen molar-refractivity contribution in [3.63, 3.8) is 0 Å². The molecule has 0 aliphatic carbocycles. The summed E-state index contributed by atoms with van der Waals surface area (Å²) >= 11 is 1.69. The standard InChI is InChI=1S/C7H13NOS2/c1-10-7(4-3-5-8)6-11(2)9/h7H,3-4,6H2,1-2H3. The van der Waals surface area contributed by atoms with Gasteiger partial charge in [-0.15, -0.1) is 0 Å². The van der Waals surface area contributed by atoms with Gasteiger partial charge in [0.05, 0.1) is 6.07 Å². The predicted octanol–water partition coefficient (Wildman–Crippen LogP) is 1.40. The average Bonchev–Trinajstić information content (AvgIpc) is 1.97. The zero-order chi connectivity index (χ0) is 8.69. The molecule has 0 spiro atoms. The van der Waals surface area contributed by atoms with Crippen LogP contribution in [0.4, 0.5) is 0 Å². The summed E-state index contributed by atoms with van der Waals surface area (Å²) in [5.41, 5.74) is 0. The van der Waals surface area contributed by atoms with Crippen LogP contribution in [-0.4, -0.2) is 27.7 Å². The van der Waals surface area contributed by atoms with Crippen LogP contribution in [0.3, 0.4) is 0 Å². The second-order valence-corrected chi connectivity index (χ2v) is 4.91. The van der Waals surface area contributed by atoms with Gasteiger partial charge in [-0.3, -0.25) is 4.21 Å². The number of nitriles is 1. The van der Waals surface area contributed by atoms with Crippen LogP contribution >= 0.6 is 11.8 Å². The Hall–Kier alpha value is -0.0100. The minimum atomic E-state index is -0.729. The maximum atomic E-state index is 10.8. The zero-order valence-electron chi connectivity index (χ0n) is 6.87. The first-order valence-electron chi connectivity index (χ1n) is 3.40. The van der Waals surface area contributed by atoms with Gasteiger partial charge in [0.25, 0.3) is 0 Å². The fraction of sp³-hybridized carbons (Fsp3) is 0.857. The third-order valence-electron chi connectivity index (χ3n) is 1.33. The maximum absolute atomic E-state index is 10.8. The van der Waals surface area contributed by atoms with Crippen molar-refractivity contribution in [3.05, 3.63) is 0 Å². The molecule has 0 N–H and O–H groups in total. The molecule has 11 heavy (non-hydrogen) atoms. The minimum absolute atomic E-state index is 0.389. The van der Waals surface area contributed by atoms with Crippen LogP contribution in [0, 0.1) is 11.3 Å². The molecule has 4 heteroatoms. The molecule has 0 saturated heterocycles. The van der Waals surface area contributed by atoms with Crippen LogP contribution in [0.5, 0.6) is 0 Å². The summed E-state index contributed by atoms with van der Waals surface area (Å²) in [6.45, 7) is 0. The van der Waals surface area contributed by atoms with Gasteiger partial charge >= 0.3 is 0 Å². The summed E-state index contributed by atoms with van der Waals surface area (Å²) in [6.07, 6.45) is 5.13. The number of hydrogen-bond donors (Lipinski definition) is 0. The molecule has 0 heterocycles. The van der Waals surface area contributed by atoms with E-state index in [1.165, 1.54) is 0 Å². The van der Waals surface area contributed by atoms with E-state index in [0.29, 0.717) is 17.4 Å². The molecule has 2 unspecified atom stereocenters. The smallest absolute Gasteiger partial charge is 0.0622 e. The summed E-state index contributed by atoms with van der Waals surface area (Å²) in [5, 5.41) is 8.70. The topological polar surface area (TPSA) is 40.9 Å². The summed E-state index contributed by atoms with van der Waals surface area (Å²) in [7, 11) is -0.729. The highest BCUT2D eigenvalue weighted by atomic mass is 32.2. The molecule has 0 amide bonds. The second-order valence-electron chi connectivity index (χ2n) is 2.29. The van der Waals surface area contributed by atoms with E-state index >= 15 is 0 Å². The van der Waals surface area contributed by atoms with Crippen molar-refractivity contribution in [2.24, 2.45) is 0 Å². The first-order chi connectivity index (χ1) is 5.20. The van der Waals surface area contributed by atoms with Crippen molar-refractivity contribution >= 4 is 22.6 Å². The van der Waals surface area contributed by atoms with Gasteiger partial charge < -0.3 is 0 Å². The van der Waals surface area contributed by atoms with Crippen LogP contribution in [0.2, 0.25) is 0 Å². The molecule has 0 aliphatic heterocycles. The Labute approximate surface area is 74.8 Å². The molecule has 0 aliphatic rings. The largest absolute Gasteiger partial charge is 0.260 e. The van der Waals surface area contributed by atoms with E-state index in [4.69, 9.17) is 5.26 Å². The monoisotopic (exact) mass is 191 g/mol. The molecule has 0 radical (unpaired) electrons. The Balaban J connectivity index is 3.59. The first-order valence-corrected chi connectivity index (χ1v) is 6.42. The van der Waals surface area contributed by atoms with E-state index in [1.54, 1.807) is 18.0 Å². The van der Waals surface area contributed by atoms with Gasteiger partial charge in [0.2, 0.25) is 0 Å². The Morgan fingerprint density at radius 3 is 2.73 bits per heavy atom. The highest BCUT2D eigenvalue weighted by Crippen LogP contribution is 2.13. The Kier molecular flexibility index (Phi) is 6.68. The normalized spacial score (nSPS) is 15.4. The number of thioether (sulfide) groups is 1. The zero-order valence-corrected chi connectivity index (χ0v) is 8.50. The van der Waals surface area contributed by atoms with Gasteiger partial charge in [0.15, 0.2) is 0 Å². The quantitative estimate of drug-likeness (QED) is 0.659. The average molecular weight is 191 g/mol. The lowest BCUT2D eigenvalue weighted by Gasteiger charge is -2.09. The SMILES string of the molecule is CSC(CCC#N)CS(C)=O. The molecule has 0 saturated carbocycles. The van der Waals surface area contributed by atoms with Gasteiger partial charge in [0, 0.05) is 34.5 Å². The fourth-order valence-electron chi connectivity index (χ4n) is 0.757. The van der Waals surface area contributed by atoms with Crippen molar-refractivity contribution in [2.45, 2.75) is 18.1 Å². The van der Waals surface area contributed by atoms with E-state index in [2.05, 4.69) is 6.07 Å². The van der Waals surface area contributed by atoms with Crippen LogP contribution in [0.1, 0.15) is 12.8 Å². The molecule has 0 rings (SSSR count). The third kappa shape index (κ3) is 6.39. The molecule has 2 atom stereocenters. The van der Waals surface area contributed by atoms with Gasteiger partial charge in [-0.05, 0) is 12.7 Å². The number of nitrogens with zero attached hydrogens (tertiary/aromatic N) is 1. The molecule has 0 aromatic carbocycles. The van der Waals surface area contributed by atoms with Gasteiger partial charge in [-0.2, -0.15) is 17.0 Å². The summed E-state index contributed by atoms with van der Waals surface area (Å²) < 4.78 is 10.8. The van der Waals surface area contributed by atoms with E-state index < -0.39 is 10.8 Å². The highest BCUT2D eigenvalue weighted by Gasteiger charge is 2.07. The molecule has 0 aromatic rings. The molecule has 64 valence electrons. The Morgan fingerprint density at radius 2 is 2.36 bits per heavy atom. The van der Waals surface area contributed by atoms with Gasteiger partial charge in [0.1, 0.15) is 0 Å². The van der Waals surface area contributed by atoms with E-state index in [0.717, 1.165) is 6.42 Å². The molecular formula is C7H13NOS2. The van der Waals surface area contributed by atoms with Crippen LogP contribution < -0.4 is 0 Å². The minimum Gasteiger partial charge on any atom is -0.260 e. The van der Waals surface area contributed by atoms with Crippen molar-refractivity contribution in [1.82, 2.24) is 0 Å². The lowest BCUT2D eigenvalue weighted by Crippen LogP contribution is -2.11. The molecule has 0 fully saturated rings. The molecule has 2 nitrogen and oxygen atoms in total. The van der Waals surface area contributed by atoms with Crippen LogP contribution in [-0.2, 0) is 10.8 Å². The third-order valence-corrected chi connectivity index (χ3v) is 3.48. The molecule has 0 bridgehead atoms. The fourth-order valence-corrected chi connectivity index (χ4v) is 2.92. The summed E-state index contributed by atoms with van der Waals surface area (Å²) in [4.78, 5) is 0. The lowest BCUT2D eigenvalue weighted by atomic mass is 10.3. The number of hydrogen-bond acceptors (Lipinski definition) is 3. The van der Waals surface area contributed by atoms with E-state index in [-0.39, 0.29) is 0 Å². The van der Waals surface area contributed by atoms with Crippen LogP contribution in [0.25, 0.3) is 0 Å². The van der Waals surface area contributed by atoms with Crippen molar-refractivity contribution in [3.8, 4) is 6.07 Å². The summed E-state index contributed by atoms with van der Waals surface area (Å²) in [5.74, 6) is 0.711. The van der Waals surface area contributed by atoms with Crippen LogP contribution in [0.15, 0.2) is 0 Å².